The van der Waals surface area contributed by atoms with Crippen molar-refractivity contribution in [2.45, 2.75) is 51.4 Å². The molecule has 2 heteroatoms. The fraction of sp³-hybridized carbons (Fsp3) is 0.588. The van der Waals surface area contributed by atoms with Crippen molar-refractivity contribution in [1.29, 1.82) is 0 Å². The molecule has 1 saturated carbocycles. The van der Waals surface area contributed by atoms with Gasteiger partial charge in [0.2, 0.25) is 5.91 Å². The van der Waals surface area contributed by atoms with Crippen molar-refractivity contribution in [1.82, 2.24) is 4.90 Å². The molecule has 0 heterocycles. The van der Waals surface area contributed by atoms with E-state index in [0.29, 0.717) is 0 Å². The second-order valence-corrected chi connectivity index (χ2v) is 5.77. The van der Waals surface area contributed by atoms with E-state index in [2.05, 4.69) is 24.3 Å². The van der Waals surface area contributed by atoms with Gasteiger partial charge >= 0.3 is 0 Å². The first-order valence-corrected chi connectivity index (χ1v) is 7.47. The fourth-order valence-corrected chi connectivity index (χ4v) is 2.85. The summed E-state index contributed by atoms with van der Waals surface area (Å²) in [5, 5.41) is 0. The van der Waals surface area contributed by atoms with Crippen LogP contribution in [0.4, 0.5) is 0 Å². The molecule has 0 bridgehead atoms. The number of amides is 1. The Labute approximate surface area is 116 Å². The molecular formula is C17H25NO. The Balaban J connectivity index is 1.89. The zero-order valence-corrected chi connectivity index (χ0v) is 12.2. The van der Waals surface area contributed by atoms with Crippen LogP contribution in [0, 0.1) is 0 Å². The smallest absolute Gasteiger partial charge is 0.219 e. The van der Waals surface area contributed by atoms with Crippen LogP contribution in [0.3, 0.4) is 0 Å². The number of likely N-dealkylation sites (N-methyl/N-ethyl adjacent to an activating group) is 1. The molecule has 1 aromatic carbocycles. The Morgan fingerprint density at radius 1 is 1.16 bits per heavy atom. The van der Waals surface area contributed by atoms with Gasteiger partial charge in [-0.3, -0.25) is 4.79 Å². The summed E-state index contributed by atoms with van der Waals surface area (Å²) in [6.45, 7) is 2.42. The zero-order chi connectivity index (χ0) is 13.7. The Hall–Kier alpha value is -1.31. The summed E-state index contributed by atoms with van der Waals surface area (Å²) < 4.78 is 0. The van der Waals surface area contributed by atoms with Gasteiger partial charge in [-0.2, -0.15) is 0 Å². The first kappa shape index (κ1) is 14.1. The topological polar surface area (TPSA) is 20.3 Å². The second kappa shape index (κ2) is 6.74. The SMILES string of the molecule is CC(=O)N(C)CCc1ccc(C2CCCCC2)cc1. The normalized spacial score (nSPS) is 16.3. The van der Waals surface area contributed by atoms with Crippen LogP contribution in [-0.4, -0.2) is 24.4 Å². The van der Waals surface area contributed by atoms with Gasteiger partial charge in [-0.1, -0.05) is 43.5 Å². The monoisotopic (exact) mass is 259 g/mol. The third-order valence-corrected chi connectivity index (χ3v) is 4.33. The highest BCUT2D eigenvalue weighted by Crippen LogP contribution is 2.32. The molecule has 0 atom stereocenters. The lowest BCUT2D eigenvalue weighted by molar-refractivity contribution is -0.127. The van der Waals surface area contributed by atoms with Crippen LogP contribution in [0.5, 0.6) is 0 Å². The van der Waals surface area contributed by atoms with Crippen LogP contribution < -0.4 is 0 Å². The highest BCUT2D eigenvalue weighted by atomic mass is 16.2. The van der Waals surface area contributed by atoms with Gasteiger partial charge in [0, 0.05) is 20.5 Å². The van der Waals surface area contributed by atoms with Crippen LogP contribution in [0.15, 0.2) is 24.3 Å². The molecule has 0 aliphatic heterocycles. The van der Waals surface area contributed by atoms with Gasteiger partial charge in [-0.25, -0.2) is 0 Å². The van der Waals surface area contributed by atoms with Crippen LogP contribution in [0.2, 0.25) is 0 Å². The molecule has 1 aliphatic carbocycles. The third-order valence-electron chi connectivity index (χ3n) is 4.33. The highest BCUT2D eigenvalue weighted by Gasteiger charge is 2.15. The molecule has 19 heavy (non-hydrogen) atoms. The zero-order valence-electron chi connectivity index (χ0n) is 12.2. The van der Waals surface area contributed by atoms with E-state index in [1.165, 1.54) is 43.2 Å². The minimum Gasteiger partial charge on any atom is -0.346 e. The first-order chi connectivity index (χ1) is 9.16. The number of benzene rings is 1. The van der Waals surface area contributed by atoms with E-state index in [1.54, 1.807) is 11.8 Å². The maximum Gasteiger partial charge on any atom is 0.219 e. The van der Waals surface area contributed by atoms with Crippen LogP contribution in [-0.2, 0) is 11.2 Å². The first-order valence-electron chi connectivity index (χ1n) is 7.47. The molecule has 1 aromatic rings. The van der Waals surface area contributed by atoms with Gasteiger partial charge in [-0.15, -0.1) is 0 Å². The molecule has 1 fully saturated rings. The predicted molar refractivity (Wildman–Crippen MR) is 79.3 cm³/mol. The largest absolute Gasteiger partial charge is 0.346 e. The average Bonchev–Trinajstić information content (AvgIpc) is 2.46. The van der Waals surface area contributed by atoms with Crippen molar-refractivity contribution in [3.8, 4) is 0 Å². The van der Waals surface area contributed by atoms with Crippen molar-refractivity contribution in [2.24, 2.45) is 0 Å². The van der Waals surface area contributed by atoms with E-state index < -0.39 is 0 Å². The number of rotatable bonds is 4. The summed E-state index contributed by atoms with van der Waals surface area (Å²) in [5.41, 5.74) is 2.83. The quantitative estimate of drug-likeness (QED) is 0.806. The Morgan fingerprint density at radius 2 is 1.79 bits per heavy atom. The van der Waals surface area contributed by atoms with Gasteiger partial charge in [0.15, 0.2) is 0 Å². The minimum atomic E-state index is 0.138. The number of nitrogens with zero attached hydrogens (tertiary/aromatic N) is 1. The molecule has 0 radical (unpaired) electrons. The van der Waals surface area contributed by atoms with Crippen LogP contribution >= 0.6 is 0 Å². The molecule has 0 unspecified atom stereocenters. The van der Waals surface area contributed by atoms with E-state index >= 15 is 0 Å². The Kier molecular flexibility index (Phi) is 5.00. The summed E-state index contributed by atoms with van der Waals surface area (Å²) in [6.07, 6.45) is 7.83. The predicted octanol–water partition coefficient (Wildman–Crippen LogP) is 3.76. The number of hydrogen-bond acceptors (Lipinski definition) is 1. The number of hydrogen-bond donors (Lipinski definition) is 0. The Morgan fingerprint density at radius 3 is 2.37 bits per heavy atom. The van der Waals surface area contributed by atoms with Crippen molar-refractivity contribution >= 4 is 5.91 Å². The lowest BCUT2D eigenvalue weighted by Crippen LogP contribution is -2.26. The van der Waals surface area contributed by atoms with Gasteiger partial charge in [0.25, 0.3) is 0 Å². The highest BCUT2D eigenvalue weighted by molar-refractivity contribution is 5.72. The maximum absolute atomic E-state index is 11.2. The van der Waals surface area contributed by atoms with Crippen molar-refractivity contribution in [2.75, 3.05) is 13.6 Å². The molecule has 2 rings (SSSR count). The molecule has 0 spiro atoms. The lowest BCUT2D eigenvalue weighted by Gasteiger charge is -2.22. The molecule has 1 amide bonds. The summed E-state index contributed by atoms with van der Waals surface area (Å²) in [6, 6.07) is 9.05. The maximum atomic E-state index is 11.2. The minimum absolute atomic E-state index is 0.138. The molecule has 1 aliphatic rings. The van der Waals surface area contributed by atoms with Crippen molar-refractivity contribution in [3.63, 3.8) is 0 Å². The molecule has 2 nitrogen and oxygen atoms in total. The lowest BCUT2D eigenvalue weighted by atomic mass is 9.84. The Bertz CT molecular complexity index is 404. The van der Waals surface area contributed by atoms with Gasteiger partial charge in [-0.05, 0) is 36.3 Å². The summed E-state index contributed by atoms with van der Waals surface area (Å²) in [4.78, 5) is 12.9. The standard InChI is InChI=1S/C17H25NO/c1-14(19)18(2)13-12-15-8-10-17(11-9-15)16-6-4-3-5-7-16/h8-11,16H,3-7,12-13H2,1-2H3. The van der Waals surface area contributed by atoms with Gasteiger partial charge in [0.1, 0.15) is 0 Å². The number of carbonyl (C=O) groups excluding carboxylic acids is 1. The molecule has 0 saturated heterocycles. The summed E-state index contributed by atoms with van der Waals surface area (Å²) in [7, 11) is 1.86. The molecule has 0 aromatic heterocycles. The van der Waals surface area contributed by atoms with E-state index in [9.17, 15) is 4.79 Å². The second-order valence-electron chi connectivity index (χ2n) is 5.77. The van der Waals surface area contributed by atoms with Gasteiger partial charge in [0.05, 0.1) is 0 Å². The summed E-state index contributed by atoms with van der Waals surface area (Å²) >= 11 is 0. The van der Waals surface area contributed by atoms with E-state index in [4.69, 9.17) is 0 Å². The van der Waals surface area contributed by atoms with Crippen molar-refractivity contribution in [3.05, 3.63) is 35.4 Å². The summed E-state index contributed by atoms with van der Waals surface area (Å²) in [5.74, 6) is 0.918. The van der Waals surface area contributed by atoms with Crippen molar-refractivity contribution < 1.29 is 4.79 Å². The van der Waals surface area contributed by atoms with Crippen LogP contribution in [0.25, 0.3) is 0 Å². The fourth-order valence-electron chi connectivity index (χ4n) is 2.85. The molecule has 0 N–H and O–H groups in total. The molecule has 104 valence electrons. The van der Waals surface area contributed by atoms with Gasteiger partial charge < -0.3 is 4.90 Å². The van der Waals surface area contributed by atoms with Crippen LogP contribution in [0.1, 0.15) is 56.1 Å². The van der Waals surface area contributed by atoms with E-state index in [1.807, 2.05) is 7.05 Å². The molecular weight excluding hydrogens is 234 g/mol. The number of carbonyl (C=O) groups is 1. The third kappa shape index (κ3) is 4.09. The average molecular weight is 259 g/mol. The van der Waals surface area contributed by atoms with E-state index in [0.717, 1.165) is 18.9 Å². The van der Waals surface area contributed by atoms with E-state index in [-0.39, 0.29) is 5.91 Å².